The molecule has 0 aliphatic heterocycles. The van der Waals surface area contributed by atoms with Crippen molar-refractivity contribution in [2.75, 3.05) is 12.3 Å². The van der Waals surface area contributed by atoms with E-state index in [0.29, 0.717) is 5.56 Å². The molecule has 12 heteroatoms. The third-order valence-corrected chi connectivity index (χ3v) is 3.45. The molecule has 26 heavy (non-hydrogen) atoms. The Bertz CT molecular complexity index is 639. The summed E-state index contributed by atoms with van der Waals surface area (Å²) in [6.45, 7) is -0.291. The Labute approximate surface area is 149 Å². The molecule has 1 amide bonds. The number of hydrogen-bond acceptors (Lipinski definition) is 6. The van der Waals surface area contributed by atoms with Crippen LogP contribution in [-0.2, 0) is 14.4 Å². The number of alkyl halides is 3. The maximum atomic E-state index is 11.8. The number of benzene rings is 1. The smallest absolute Gasteiger partial charge is 0.480 e. The first kappa shape index (κ1) is 23.4. The van der Waals surface area contributed by atoms with Crippen LogP contribution < -0.4 is 11.1 Å². The van der Waals surface area contributed by atoms with Gasteiger partial charge in [-0.1, -0.05) is 42.1 Å². The van der Waals surface area contributed by atoms with Gasteiger partial charge >= 0.3 is 18.1 Å². The van der Waals surface area contributed by atoms with Gasteiger partial charge in [-0.2, -0.15) is 13.2 Å². The Morgan fingerprint density at radius 3 is 2.00 bits per heavy atom. The Kier molecular flexibility index (Phi) is 9.99. The molecule has 0 radical (unpaired) electrons. The molecule has 1 aromatic carbocycles. The van der Waals surface area contributed by atoms with E-state index in [4.69, 9.17) is 20.7 Å². The number of carbonyl (C=O) groups excluding carboxylic acids is 2. The Balaban J connectivity index is 0.000000758. The molecule has 0 aromatic heterocycles. The van der Waals surface area contributed by atoms with Crippen LogP contribution in [0.25, 0.3) is 0 Å². The fourth-order valence-corrected chi connectivity index (χ4v) is 2.09. The van der Waals surface area contributed by atoms with Crippen molar-refractivity contribution in [3.63, 3.8) is 0 Å². The summed E-state index contributed by atoms with van der Waals surface area (Å²) in [6, 6.07) is 7.38. The first-order chi connectivity index (χ1) is 12.0. The van der Waals surface area contributed by atoms with Gasteiger partial charge in [-0.3, -0.25) is 9.59 Å². The number of thioether (sulfide) groups is 1. The lowest BCUT2D eigenvalue weighted by Crippen LogP contribution is -2.45. The minimum atomic E-state index is -5.08. The summed E-state index contributed by atoms with van der Waals surface area (Å²) in [4.78, 5) is 42.6. The van der Waals surface area contributed by atoms with Crippen LogP contribution in [0.2, 0.25) is 0 Å². The second kappa shape index (κ2) is 11.1. The number of carboxylic acids is 2. The molecule has 0 saturated heterocycles. The molecule has 8 nitrogen and oxygen atoms in total. The van der Waals surface area contributed by atoms with E-state index < -0.39 is 30.1 Å². The third-order valence-electron chi connectivity index (χ3n) is 2.45. The highest BCUT2D eigenvalue weighted by Crippen LogP contribution is 2.14. The zero-order chi connectivity index (χ0) is 20.3. The maximum Gasteiger partial charge on any atom is 0.490 e. The molecule has 0 unspecified atom stereocenters. The van der Waals surface area contributed by atoms with Gasteiger partial charge in [0, 0.05) is 11.3 Å². The first-order valence-corrected chi connectivity index (χ1v) is 7.72. The van der Waals surface area contributed by atoms with Crippen molar-refractivity contribution in [2.24, 2.45) is 5.73 Å². The second-order valence-corrected chi connectivity index (χ2v) is 5.42. The highest BCUT2D eigenvalue weighted by atomic mass is 32.2. The monoisotopic (exact) mass is 396 g/mol. The van der Waals surface area contributed by atoms with Crippen LogP contribution in [-0.4, -0.2) is 57.7 Å². The van der Waals surface area contributed by atoms with Crippen LogP contribution in [0.15, 0.2) is 30.3 Å². The summed E-state index contributed by atoms with van der Waals surface area (Å²) >= 11 is 0.843. The molecule has 5 N–H and O–H groups in total. The van der Waals surface area contributed by atoms with E-state index in [2.05, 4.69) is 5.32 Å². The molecule has 0 heterocycles. The average Bonchev–Trinajstić information content (AvgIpc) is 2.58. The summed E-state index contributed by atoms with van der Waals surface area (Å²) in [6.07, 6.45) is -5.08. The van der Waals surface area contributed by atoms with Crippen molar-refractivity contribution < 1.29 is 42.6 Å². The van der Waals surface area contributed by atoms with Crippen molar-refractivity contribution in [1.82, 2.24) is 5.32 Å². The molecule has 0 fully saturated rings. The van der Waals surface area contributed by atoms with Crippen molar-refractivity contribution in [3.8, 4) is 0 Å². The van der Waals surface area contributed by atoms with Crippen LogP contribution in [0.1, 0.15) is 10.4 Å². The van der Waals surface area contributed by atoms with Crippen LogP contribution >= 0.6 is 11.8 Å². The molecule has 0 saturated carbocycles. The van der Waals surface area contributed by atoms with Crippen LogP contribution in [0.5, 0.6) is 0 Å². The number of hydrogen-bond donors (Lipinski definition) is 4. The van der Waals surface area contributed by atoms with Crippen LogP contribution in [0.4, 0.5) is 13.2 Å². The summed E-state index contributed by atoms with van der Waals surface area (Å²) in [5.41, 5.74) is 5.58. The van der Waals surface area contributed by atoms with Gasteiger partial charge in [0.15, 0.2) is 0 Å². The number of carboxylic acid groups (broad SMARTS) is 2. The van der Waals surface area contributed by atoms with E-state index in [-0.39, 0.29) is 17.4 Å². The molecule has 0 bridgehead atoms. The number of rotatable bonds is 6. The lowest BCUT2D eigenvalue weighted by molar-refractivity contribution is -0.192. The molecule has 0 aliphatic carbocycles. The van der Waals surface area contributed by atoms with Gasteiger partial charge < -0.3 is 21.3 Å². The minimum Gasteiger partial charge on any atom is -0.480 e. The van der Waals surface area contributed by atoms with Gasteiger partial charge in [0.2, 0.25) is 11.0 Å². The number of amides is 1. The zero-order valence-corrected chi connectivity index (χ0v) is 13.8. The van der Waals surface area contributed by atoms with Gasteiger partial charge in [0.25, 0.3) is 0 Å². The van der Waals surface area contributed by atoms with Crippen molar-refractivity contribution in [1.29, 1.82) is 0 Å². The van der Waals surface area contributed by atoms with Crippen molar-refractivity contribution in [3.05, 3.63) is 35.9 Å². The largest absolute Gasteiger partial charge is 0.490 e. The van der Waals surface area contributed by atoms with Gasteiger partial charge in [0.1, 0.15) is 6.04 Å². The second-order valence-electron chi connectivity index (χ2n) is 4.43. The molecular formula is C14H15F3N2O6S. The fraction of sp³-hybridized carbons (Fsp3) is 0.286. The number of aliphatic carboxylic acids is 2. The SMILES string of the molecule is NCC(=O)N[C@@H](CSC(=O)c1ccccc1)C(=O)O.O=C(O)C(F)(F)F. The molecule has 1 aromatic rings. The molecule has 0 spiro atoms. The maximum absolute atomic E-state index is 11.8. The van der Waals surface area contributed by atoms with E-state index >= 15 is 0 Å². The van der Waals surface area contributed by atoms with Gasteiger partial charge in [-0.15, -0.1) is 0 Å². The molecule has 1 rings (SSSR count). The zero-order valence-electron chi connectivity index (χ0n) is 13.0. The molecular weight excluding hydrogens is 381 g/mol. The summed E-state index contributed by atoms with van der Waals surface area (Å²) in [5.74, 6) is -4.57. The number of carbonyl (C=O) groups is 4. The number of nitrogens with one attached hydrogen (secondary N) is 1. The Morgan fingerprint density at radius 1 is 1.12 bits per heavy atom. The topological polar surface area (TPSA) is 147 Å². The summed E-state index contributed by atoms with van der Waals surface area (Å²) in [7, 11) is 0. The van der Waals surface area contributed by atoms with Crippen molar-refractivity contribution in [2.45, 2.75) is 12.2 Å². The van der Waals surface area contributed by atoms with E-state index in [1.807, 2.05) is 0 Å². The lowest BCUT2D eigenvalue weighted by atomic mass is 10.2. The number of nitrogens with two attached hydrogens (primary N) is 1. The summed E-state index contributed by atoms with van der Waals surface area (Å²) < 4.78 is 31.7. The minimum absolute atomic E-state index is 0.0468. The quantitative estimate of drug-likeness (QED) is 0.550. The summed E-state index contributed by atoms with van der Waals surface area (Å²) in [5, 5.41) is 18.0. The van der Waals surface area contributed by atoms with E-state index in [1.165, 1.54) is 0 Å². The fourth-order valence-electron chi connectivity index (χ4n) is 1.24. The number of halogens is 3. The molecule has 0 aliphatic rings. The molecule has 144 valence electrons. The van der Waals surface area contributed by atoms with Gasteiger partial charge in [-0.05, 0) is 0 Å². The van der Waals surface area contributed by atoms with Crippen LogP contribution in [0, 0.1) is 0 Å². The van der Waals surface area contributed by atoms with Gasteiger partial charge in [0.05, 0.1) is 6.54 Å². The average molecular weight is 396 g/mol. The van der Waals surface area contributed by atoms with E-state index in [1.54, 1.807) is 30.3 Å². The Hall–Kier alpha value is -2.60. The Morgan fingerprint density at radius 2 is 1.62 bits per heavy atom. The third kappa shape index (κ3) is 9.64. The predicted molar refractivity (Wildman–Crippen MR) is 85.5 cm³/mol. The highest BCUT2D eigenvalue weighted by molar-refractivity contribution is 8.14. The molecule has 1 atom stereocenters. The van der Waals surface area contributed by atoms with E-state index in [0.717, 1.165) is 11.8 Å². The van der Waals surface area contributed by atoms with Crippen molar-refractivity contribution >= 4 is 34.7 Å². The first-order valence-electron chi connectivity index (χ1n) is 6.73. The van der Waals surface area contributed by atoms with Crippen LogP contribution in [0.3, 0.4) is 0 Å². The normalized spacial score (nSPS) is 11.5. The van der Waals surface area contributed by atoms with Gasteiger partial charge in [-0.25, -0.2) is 9.59 Å². The standard InChI is InChI=1S/C12H14N2O4S.C2HF3O2/c13-6-10(15)14-9(11(16)17)7-19-12(18)8-4-2-1-3-5-8;3-2(4,5)1(6)7/h1-5,9H,6-7,13H2,(H,14,15)(H,16,17);(H,6,7)/t9-;/m0./s1. The predicted octanol–water partition coefficient (Wildman–Crippen LogP) is 0.721. The van der Waals surface area contributed by atoms with E-state index in [9.17, 15) is 27.6 Å². The highest BCUT2D eigenvalue weighted by Gasteiger charge is 2.38. The lowest BCUT2D eigenvalue weighted by Gasteiger charge is -2.12.